The zero-order valence-corrected chi connectivity index (χ0v) is 13.1. The summed E-state index contributed by atoms with van der Waals surface area (Å²) in [4.78, 5) is 11.9. The molecule has 0 saturated heterocycles. The molecule has 0 radical (unpaired) electrons. The van der Waals surface area contributed by atoms with Gasteiger partial charge in [-0.15, -0.1) is 0 Å². The number of rotatable bonds is 2. The molecule has 5 nitrogen and oxygen atoms in total. The van der Waals surface area contributed by atoms with Crippen LogP contribution in [0.2, 0.25) is 0 Å². The number of hydrogen-bond donors (Lipinski definition) is 0. The number of halogens is 2. The molecule has 17 heavy (non-hydrogen) atoms. The van der Waals surface area contributed by atoms with E-state index in [4.69, 9.17) is 0 Å². The van der Waals surface area contributed by atoms with Crippen LogP contribution in [0.3, 0.4) is 0 Å². The Balaban J connectivity index is 2.21. The molecule has 7 heteroatoms. The van der Waals surface area contributed by atoms with Crippen molar-refractivity contribution in [1.29, 1.82) is 0 Å². The summed E-state index contributed by atoms with van der Waals surface area (Å²) >= 11 is 5.49. The molecule has 0 amide bonds. The maximum absolute atomic E-state index is 11.9. The largest absolute Gasteiger partial charge is 0.270 e. The van der Waals surface area contributed by atoms with E-state index in [-0.39, 0.29) is 12.5 Å². The average Bonchev–Trinajstić information content (AvgIpc) is 2.80. The van der Waals surface area contributed by atoms with Crippen molar-refractivity contribution in [3.63, 3.8) is 0 Å². The second kappa shape index (κ2) is 4.89. The van der Waals surface area contributed by atoms with E-state index in [1.807, 2.05) is 13.8 Å². The van der Waals surface area contributed by atoms with E-state index in [0.717, 1.165) is 19.4 Å². The number of carbonyl (C=O) groups excluding carboxylic acids is 1. The van der Waals surface area contributed by atoms with Gasteiger partial charge in [-0.2, -0.15) is 10.2 Å². The molecule has 0 saturated carbocycles. The summed E-state index contributed by atoms with van der Waals surface area (Å²) in [7, 11) is 0. The van der Waals surface area contributed by atoms with Gasteiger partial charge in [0.2, 0.25) is 0 Å². The summed E-state index contributed by atoms with van der Waals surface area (Å²) in [5.74, 6) is -0.113. The van der Waals surface area contributed by atoms with Crippen molar-refractivity contribution < 1.29 is 4.79 Å². The van der Waals surface area contributed by atoms with Gasteiger partial charge in [0.15, 0.2) is 0 Å². The predicted octanol–water partition coefficient (Wildman–Crippen LogP) is 2.40. The van der Waals surface area contributed by atoms with E-state index in [2.05, 4.69) is 48.7 Å². The second-order valence-corrected chi connectivity index (χ2v) is 5.63. The molecule has 2 rings (SSSR count). The van der Waals surface area contributed by atoms with Crippen molar-refractivity contribution in [3.05, 3.63) is 31.8 Å². The first-order chi connectivity index (χ1) is 7.99. The maximum Gasteiger partial charge on any atom is 0.268 e. The predicted molar refractivity (Wildman–Crippen MR) is 75.0 cm³/mol. The van der Waals surface area contributed by atoms with Gasteiger partial charge in [0.1, 0.15) is 6.54 Å². The van der Waals surface area contributed by atoms with E-state index in [0.29, 0.717) is 0 Å². The lowest BCUT2D eigenvalue weighted by Crippen LogP contribution is -2.19. The van der Waals surface area contributed by atoms with Crippen LogP contribution >= 0.6 is 38.5 Å². The van der Waals surface area contributed by atoms with Gasteiger partial charge in [-0.05, 0) is 52.4 Å². The Morgan fingerprint density at radius 2 is 2.24 bits per heavy atom. The SMILES string of the molecule is Cc1nn(CC(=O)n2cc(Br)cn2)c(C)c1I. The number of carbonyl (C=O) groups is 1. The molecule has 0 atom stereocenters. The molecular weight excluding hydrogens is 399 g/mol. The fraction of sp³-hybridized carbons (Fsp3) is 0.300. The van der Waals surface area contributed by atoms with Crippen LogP contribution in [-0.2, 0) is 6.54 Å². The summed E-state index contributed by atoms with van der Waals surface area (Å²) in [6.45, 7) is 4.08. The molecule has 0 bridgehead atoms. The average molecular weight is 409 g/mol. The van der Waals surface area contributed by atoms with Gasteiger partial charge in [-0.3, -0.25) is 9.48 Å². The van der Waals surface area contributed by atoms with Gasteiger partial charge in [0.25, 0.3) is 5.91 Å². The quantitative estimate of drug-likeness (QED) is 0.717. The third-order valence-corrected chi connectivity index (χ3v) is 4.36. The first kappa shape index (κ1) is 12.7. The van der Waals surface area contributed by atoms with E-state index >= 15 is 0 Å². The Kier molecular flexibility index (Phi) is 3.67. The van der Waals surface area contributed by atoms with Gasteiger partial charge in [-0.25, -0.2) is 4.68 Å². The molecule has 2 aromatic heterocycles. The van der Waals surface area contributed by atoms with Crippen LogP contribution in [-0.4, -0.2) is 25.5 Å². The highest BCUT2D eigenvalue weighted by Gasteiger charge is 2.13. The van der Waals surface area contributed by atoms with Crippen molar-refractivity contribution in [3.8, 4) is 0 Å². The van der Waals surface area contributed by atoms with Crippen molar-refractivity contribution in [2.45, 2.75) is 20.4 Å². The normalized spacial score (nSPS) is 10.8. The Bertz CT molecular complexity index is 575. The third-order valence-electron chi connectivity index (χ3n) is 2.38. The van der Waals surface area contributed by atoms with Crippen LogP contribution in [0.15, 0.2) is 16.9 Å². The fourth-order valence-electron chi connectivity index (χ4n) is 1.47. The molecule has 0 fully saturated rings. The molecule has 0 unspecified atom stereocenters. The highest BCUT2D eigenvalue weighted by molar-refractivity contribution is 14.1. The summed E-state index contributed by atoms with van der Waals surface area (Å²) in [5, 5.41) is 8.27. The van der Waals surface area contributed by atoms with Gasteiger partial charge in [-0.1, -0.05) is 0 Å². The Morgan fingerprint density at radius 1 is 1.53 bits per heavy atom. The minimum absolute atomic E-state index is 0.113. The molecule has 0 aliphatic carbocycles. The fourth-order valence-corrected chi connectivity index (χ4v) is 2.14. The lowest BCUT2D eigenvalue weighted by atomic mass is 10.4. The zero-order chi connectivity index (χ0) is 12.6. The Morgan fingerprint density at radius 3 is 2.71 bits per heavy atom. The Hall–Kier alpha value is -0.700. The number of aromatic nitrogens is 4. The van der Waals surface area contributed by atoms with Crippen LogP contribution in [0.25, 0.3) is 0 Å². The van der Waals surface area contributed by atoms with Crippen LogP contribution in [0, 0.1) is 17.4 Å². The van der Waals surface area contributed by atoms with E-state index < -0.39 is 0 Å². The minimum Gasteiger partial charge on any atom is -0.270 e. The van der Waals surface area contributed by atoms with Gasteiger partial charge >= 0.3 is 0 Å². The first-order valence-corrected chi connectivity index (χ1v) is 6.79. The van der Waals surface area contributed by atoms with E-state index in [1.54, 1.807) is 17.1 Å². The smallest absolute Gasteiger partial charge is 0.268 e. The first-order valence-electron chi connectivity index (χ1n) is 4.92. The number of hydrogen-bond acceptors (Lipinski definition) is 3. The molecule has 2 heterocycles. The van der Waals surface area contributed by atoms with Crippen molar-refractivity contribution >= 4 is 44.4 Å². The van der Waals surface area contributed by atoms with E-state index in [9.17, 15) is 4.79 Å². The molecule has 0 N–H and O–H groups in total. The van der Waals surface area contributed by atoms with Crippen LogP contribution < -0.4 is 0 Å². The van der Waals surface area contributed by atoms with Crippen LogP contribution in [0.5, 0.6) is 0 Å². The van der Waals surface area contributed by atoms with Crippen molar-refractivity contribution in [2.75, 3.05) is 0 Å². The molecule has 0 aliphatic rings. The van der Waals surface area contributed by atoms with Gasteiger partial charge in [0, 0.05) is 11.9 Å². The standard InChI is InChI=1S/C10H10BrIN4O/c1-6-10(12)7(2)15(14-6)5-9(17)16-4-8(11)3-13-16/h3-4H,5H2,1-2H3. The van der Waals surface area contributed by atoms with Crippen molar-refractivity contribution in [2.24, 2.45) is 0 Å². The number of nitrogens with zero attached hydrogens (tertiary/aromatic N) is 4. The molecule has 90 valence electrons. The summed E-state index contributed by atoms with van der Waals surface area (Å²) in [6, 6.07) is 0. The zero-order valence-electron chi connectivity index (χ0n) is 9.31. The highest BCUT2D eigenvalue weighted by atomic mass is 127. The molecule has 0 spiro atoms. The second-order valence-electron chi connectivity index (χ2n) is 3.64. The molecular formula is C10H10BrIN4O. The van der Waals surface area contributed by atoms with Crippen LogP contribution in [0.4, 0.5) is 0 Å². The molecule has 0 aromatic carbocycles. The third kappa shape index (κ3) is 2.59. The summed E-state index contributed by atoms with van der Waals surface area (Å²) < 4.78 is 4.90. The minimum atomic E-state index is -0.113. The van der Waals surface area contributed by atoms with Gasteiger partial charge in [0.05, 0.1) is 19.9 Å². The summed E-state index contributed by atoms with van der Waals surface area (Å²) in [6.07, 6.45) is 3.22. The highest BCUT2D eigenvalue weighted by Crippen LogP contribution is 2.15. The lowest BCUT2D eigenvalue weighted by Gasteiger charge is -2.03. The molecule has 0 aliphatic heterocycles. The molecule has 2 aromatic rings. The van der Waals surface area contributed by atoms with E-state index in [1.165, 1.54) is 4.68 Å². The topological polar surface area (TPSA) is 52.7 Å². The Labute approximate surface area is 120 Å². The van der Waals surface area contributed by atoms with Gasteiger partial charge < -0.3 is 0 Å². The summed E-state index contributed by atoms with van der Waals surface area (Å²) in [5.41, 5.74) is 1.94. The lowest BCUT2D eigenvalue weighted by molar-refractivity contribution is 0.0869. The van der Waals surface area contributed by atoms with Crippen molar-refractivity contribution in [1.82, 2.24) is 19.6 Å². The maximum atomic E-state index is 11.9. The monoisotopic (exact) mass is 408 g/mol. The number of aryl methyl sites for hydroxylation is 1. The van der Waals surface area contributed by atoms with Crippen LogP contribution in [0.1, 0.15) is 16.2 Å².